The summed E-state index contributed by atoms with van der Waals surface area (Å²) in [5.41, 5.74) is 21.7. The van der Waals surface area contributed by atoms with Crippen LogP contribution in [0, 0.1) is 0 Å². The molecular formula is C34H65N12O11+. The van der Waals surface area contributed by atoms with Crippen LogP contribution in [0.15, 0.2) is 4.99 Å². The van der Waals surface area contributed by atoms with Gasteiger partial charge in [0, 0.05) is 13.0 Å². The van der Waals surface area contributed by atoms with Crippen LogP contribution < -0.4 is 54.8 Å². The number of nitrogens with zero attached hydrogens (tertiary/aromatic N) is 2. The van der Waals surface area contributed by atoms with E-state index in [1.54, 1.807) is 0 Å². The molecule has 0 aliphatic heterocycles. The van der Waals surface area contributed by atoms with E-state index in [1.165, 1.54) is 13.8 Å². The zero-order valence-corrected chi connectivity index (χ0v) is 33.9. The van der Waals surface area contributed by atoms with Gasteiger partial charge in [-0.2, -0.15) is 0 Å². The van der Waals surface area contributed by atoms with Crippen LogP contribution in [0.5, 0.6) is 0 Å². The highest BCUT2D eigenvalue weighted by Gasteiger charge is 2.35. The first-order valence-electron chi connectivity index (χ1n) is 18.6. The van der Waals surface area contributed by atoms with E-state index < -0.39 is 108 Å². The molecule has 0 rings (SSSR count). The minimum atomic E-state index is -1.68. The summed E-state index contributed by atoms with van der Waals surface area (Å²) in [5, 5.41) is 44.2. The number of rotatable bonds is 27. The number of aliphatic imine (C=N–C) groups is 1. The molecule has 7 amide bonds. The van der Waals surface area contributed by atoms with Gasteiger partial charge >= 0.3 is 5.97 Å². The first kappa shape index (κ1) is 51.9. The molecule has 0 unspecified atom stereocenters. The topological polar surface area (TPSA) is 386 Å². The molecule has 17 N–H and O–H groups in total. The van der Waals surface area contributed by atoms with Crippen molar-refractivity contribution in [1.29, 1.82) is 0 Å². The predicted octanol–water partition coefficient (Wildman–Crippen LogP) is -5.70. The standard InChI is InChI=1S/C34H64N12O11/c1-17(35)27(50)41-22(12-10-15-39-34(37)38)29(52)45-26(20(4)48)32(55)43-21(11-8-9-16-46(5,6)7)28(51)42-23(13-14-24(36)49)30(53)44-25(19(3)47)31(54)40-18(2)33(56)57/h17-23,25-26,47-48H,8-16,35H2,1-7H3,(H12-,36,37,38,39,40,41,42,43,44,45,49,50,51,52,53,54,55,56,57)/p+1/t17-,18-,19+,20+,21-,22-,23-,25-,26-/m0/s1. The van der Waals surface area contributed by atoms with Crippen LogP contribution in [0.1, 0.15) is 72.6 Å². The number of carboxylic acids is 1. The van der Waals surface area contributed by atoms with Crippen molar-refractivity contribution in [2.24, 2.45) is 27.9 Å². The van der Waals surface area contributed by atoms with Crippen molar-refractivity contribution in [3.05, 3.63) is 0 Å². The van der Waals surface area contributed by atoms with Gasteiger partial charge in [-0.05, 0) is 66.2 Å². The van der Waals surface area contributed by atoms with Gasteiger partial charge in [-0.25, -0.2) is 0 Å². The Kier molecular flexibility index (Phi) is 22.9. The number of quaternary nitrogens is 1. The molecular weight excluding hydrogens is 752 g/mol. The van der Waals surface area contributed by atoms with Gasteiger partial charge in [-0.3, -0.25) is 43.3 Å². The molecule has 0 aromatic rings. The quantitative estimate of drug-likeness (QED) is 0.0159. The van der Waals surface area contributed by atoms with Crippen molar-refractivity contribution in [3.63, 3.8) is 0 Å². The van der Waals surface area contributed by atoms with Crippen molar-refractivity contribution in [3.8, 4) is 0 Å². The minimum Gasteiger partial charge on any atom is -0.480 e. The highest BCUT2D eigenvalue weighted by molar-refractivity contribution is 5.97. The lowest BCUT2D eigenvalue weighted by molar-refractivity contribution is -0.870. The summed E-state index contributed by atoms with van der Waals surface area (Å²) in [7, 11) is 5.87. The van der Waals surface area contributed by atoms with Crippen molar-refractivity contribution >= 4 is 53.3 Å². The molecule has 0 fully saturated rings. The van der Waals surface area contributed by atoms with Crippen LogP contribution in [0.4, 0.5) is 0 Å². The Morgan fingerprint density at radius 3 is 1.44 bits per heavy atom. The van der Waals surface area contributed by atoms with Crippen molar-refractivity contribution in [1.82, 2.24) is 31.9 Å². The fourth-order valence-electron chi connectivity index (χ4n) is 5.05. The monoisotopic (exact) mass is 817 g/mol. The Balaban J connectivity index is 6.47. The molecule has 0 aromatic carbocycles. The number of aliphatic hydroxyl groups excluding tert-OH is 2. The molecule has 0 spiro atoms. The summed E-state index contributed by atoms with van der Waals surface area (Å²) >= 11 is 0. The SMILES string of the molecule is C[C@H](N)C(=O)N[C@@H](CCCN=C(N)N)C(=O)N[C@H](C(=O)N[C@@H](CCCC[N+](C)(C)C)C(=O)N[C@@H](CCC(N)=O)C(=O)N[C@H](C(=O)N[C@@H](C)C(=O)O)[C@@H](C)O)[C@@H](C)O. The van der Waals surface area contributed by atoms with Gasteiger partial charge in [0.25, 0.3) is 0 Å². The maximum Gasteiger partial charge on any atom is 0.325 e. The first-order valence-corrected chi connectivity index (χ1v) is 18.6. The Bertz CT molecular complexity index is 1410. The molecule has 0 saturated heterocycles. The van der Waals surface area contributed by atoms with Crippen LogP contribution in [0.25, 0.3) is 0 Å². The Morgan fingerprint density at radius 1 is 0.596 bits per heavy atom. The normalized spacial score (nSPS) is 16.0. The van der Waals surface area contributed by atoms with Crippen LogP contribution in [0.3, 0.4) is 0 Å². The van der Waals surface area contributed by atoms with Crippen LogP contribution >= 0.6 is 0 Å². The van der Waals surface area contributed by atoms with Gasteiger partial charge in [-0.15, -0.1) is 0 Å². The van der Waals surface area contributed by atoms with Gasteiger partial charge in [-0.1, -0.05) is 0 Å². The fourth-order valence-corrected chi connectivity index (χ4v) is 5.05. The van der Waals surface area contributed by atoms with E-state index in [2.05, 4.69) is 36.9 Å². The first-order chi connectivity index (χ1) is 26.3. The molecule has 23 heteroatoms. The summed E-state index contributed by atoms with van der Waals surface area (Å²) in [5.74, 6) is -7.96. The molecule has 0 aliphatic rings. The second-order valence-electron chi connectivity index (χ2n) is 15.0. The molecule has 0 heterocycles. The third-order valence-electron chi connectivity index (χ3n) is 8.36. The Hall–Kier alpha value is -5.13. The van der Waals surface area contributed by atoms with E-state index in [9.17, 15) is 48.6 Å². The number of nitrogens with two attached hydrogens (primary N) is 4. The summed E-state index contributed by atoms with van der Waals surface area (Å²) in [6.45, 7) is 5.73. The molecule has 0 radical (unpaired) electrons. The lowest BCUT2D eigenvalue weighted by Gasteiger charge is -2.29. The zero-order valence-electron chi connectivity index (χ0n) is 33.9. The average molecular weight is 818 g/mol. The number of carboxylic acid groups (broad SMARTS) is 1. The lowest BCUT2D eigenvalue weighted by Crippen LogP contribution is -2.62. The molecule has 9 atom stereocenters. The summed E-state index contributed by atoms with van der Waals surface area (Å²) < 4.78 is 0.588. The molecule has 0 saturated carbocycles. The third-order valence-corrected chi connectivity index (χ3v) is 8.36. The van der Waals surface area contributed by atoms with E-state index in [0.717, 1.165) is 13.8 Å². The van der Waals surface area contributed by atoms with Gasteiger partial charge < -0.3 is 74.6 Å². The molecule has 0 bridgehead atoms. The number of carbonyl (C=O) groups excluding carboxylic acids is 7. The highest BCUT2D eigenvalue weighted by Crippen LogP contribution is 2.09. The number of carbonyl (C=O) groups is 8. The van der Waals surface area contributed by atoms with Crippen LogP contribution in [-0.2, 0) is 38.4 Å². The van der Waals surface area contributed by atoms with Crippen LogP contribution in [-0.4, -0.2) is 162 Å². The molecule has 326 valence electrons. The number of unbranched alkanes of at least 4 members (excludes halogenated alkanes) is 1. The second-order valence-corrected chi connectivity index (χ2v) is 15.0. The predicted molar refractivity (Wildman–Crippen MR) is 207 cm³/mol. The number of hydrogen-bond acceptors (Lipinski definition) is 12. The number of aliphatic carboxylic acids is 1. The highest BCUT2D eigenvalue weighted by atomic mass is 16.4. The van der Waals surface area contributed by atoms with E-state index in [1.807, 2.05) is 21.1 Å². The number of primary amides is 1. The third kappa shape index (κ3) is 21.7. The summed E-state index contributed by atoms with van der Waals surface area (Å²) in [6, 6.07) is -9.87. The zero-order chi connectivity index (χ0) is 44.2. The maximum atomic E-state index is 13.8. The average Bonchev–Trinajstić information content (AvgIpc) is 3.08. The lowest BCUT2D eigenvalue weighted by atomic mass is 10.0. The van der Waals surface area contributed by atoms with Gasteiger partial charge in [0.2, 0.25) is 41.4 Å². The van der Waals surface area contributed by atoms with E-state index in [4.69, 9.17) is 28.0 Å². The Morgan fingerprint density at radius 2 is 1.02 bits per heavy atom. The number of guanidine groups is 1. The van der Waals surface area contributed by atoms with E-state index in [-0.39, 0.29) is 38.2 Å². The molecule has 57 heavy (non-hydrogen) atoms. The Labute approximate surface area is 332 Å². The minimum absolute atomic E-state index is 0.00581. The summed E-state index contributed by atoms with van der Waals surface area (Å²) in [4.78, 5) is 106. The smallest absolute Gasteiger partial charge is 0.325 e. The number of amides is 7. The summed E-state index contributed by atoms with van der Waals surface area (Å²) in [6.07, 6.45) is -2.63. The molecule has 23 nitrogen and oxygen atoms in total. The van der Waals surface area contributed by atoms with Crippen molar-refractivity contribution in [2.45, 2.75) is 127 Å². The van der Waals surface area contributed by atoms with Gasteiger partial charge in [0.15, 0.2) is 5.96 Å². The molecule has 0 aliphatic carbocycles. The fraction of sp³-hybridized carbons (Fsp3) is 0.735. The number of aliphatic hydroxyl groups is 2. The van der Waals surface area contributed by atoms with Gasteiger partial charge in [0.1, 0.15) is 36.3 Å². The van der Waals surface area contributed by atoms with E-state index >= 15 is 0 Å². The maximum absolute atomic E-state index is 13.8. The van der Waals surface area contributed by atoms with Gasteiger partial charge in [0.05, 0.1) is 45.9 Å². The van der Waals surface area contributed by atoms with Crippen molar-refractivity contribution < 1.29 is 58.2 Å². The van der Waals surface area contributed by atoms with E-state index in [0.29, 0.717) is 23.9 Å². The number of nitrogens with one attached hydrogen (secondary N) is 6. The van der Waals surface area contributed by atoms with Crippen LogP contribution in [0.2, 0.25) is 0 Å². The second kappa shape index (κ2) is 25.2. The molecule has 0 aromatic heterocycles. The van der Waals surface area contributed by atoms with Crippen molar-refractivity contribution in [2.75, 3.05) is 34.2 Å². The largest absolute Gasteiger partial charge is 0.480 e. The number of hydrogen-bond donors (Lipinski definition) is 13.